The Bertz CT molecular complexity index is 580. The summed E-state index contributed by atoms with van der Waals surface area (Å²) in [6.07, 6.45) is 11.3. The highest BCUT2D eigenvalue weighted by molar-refractivity contribution is 5.12. The standard InChI is InChI=1S/C17H27N5O/c1-3-21-13-15(12-19-21)17-16(6-4-11-23-17)20-14(2)7-10-22-9-5-8-18-22/h5,8-9,12-14,16-17,20H,3-4,6-7,10-11H2,1-2H3/t14?,16-,17+/m0/s1. The van der Waals surface area contributed by atoms with Gasteiger partial charge in [0.25, 0.3) is 0 Å². The van der Waals surface area contributed by atoms with Gasteiger partial charge in [0, 0.05) is 55.9 Å². The summed E-state index contributed by atoms with van der Waals surface area (Å²) in [5, 5.41) is 12.4. The smallest absolute Gasteiger partial charge is 0.101 e. The van der Waals surface area contributed by atoms with Crippen molar-refractivity contribution in [2.45, 2.75) is 64.4 Å². The van der Waals surface area contributed by atoms with Crippen LogP contribution in [0.25, 0.3) is 0 Å². The van der Waals surface area contributed by atoms with Crippen LogP contribution in [0.1, 0.15) is 44.8 Å². The van der Waals surface area contributed by atoms with Gasteiger partial charge in [-0.1, -0.05) is 0 Å². The van der Waals surface area contributed by atoms with Crippen LogP contribution in [0.5, 0.6) is 0 Å². The summed E-state index contributed by atoms with van der Waals surface area (Å²) in [6.45, 7) is 7.01. The Morgan fingerprint density at radius 2 is 2.30 bits per heavy atom. The van der Waals surface area contributed by atoms with Gasteiger partial charge >= 0.3 is 0 Å². The second-order valence-electron chi connectivity index (χ2n) is 6.29. The fourth-order valence-electron chi connectivity index (χ4n) is 3.19. The monoisotopic (exact) mass is 317 g/mol. The summed E-state index contributed by atoms with van der Waals surface area (Å²) in [5.41, 5.74) is 1.18. The molecule has 1 N–H and O–H groups in total. The van der Waals surface area contributed by atoms with E-state index in [1.165, 1.54) is 5.56 Å². The van der Waals surface area contributed by atoms with Crippen LogP contribution in [0, 0.1) is 0 Å². The van der Waals surface area contributed by atoms with E-state index in [2.05, 4.69) is 35.6 Å². The van der Waals surface area contributed by atoms with E-state index < -0.39 is 0 Å². The number of aromatic nitrogens is 4. The summed E-state index contributed by atoms with van der Waals surface area (Å²) in [5.74, 6) is 0. The van der Waals surface area contributed by atoms with Crippen LogP contribution >= 0.6 is 0 Å². The van der Waals surface area contributed by atoms with E-state index in [0.717, 1.165) is 39.0 Å². The predicted octanol–water partition coefficient (Wildman–Crippen LogP) is 2.39. The van der Waals surface area contributed by atoms with E-state index in [0.29, 0.717) is 12.1 Å². The molecule has 126 valence electrons. The maximum Gasteiger partial charge on any atom is 0.101 e. The highest BCUT2D eigenvalue weighted by Crippen LogP contribution is 2.28. The molecule has 2 aromatic heterocycles. The molecule has 0 bridgehead atoms. The lowest BCUT2D eigenvalue weighted by Crippen LogP contribution is -2.44. The van der Waals surface area contributed by atoms with Crippen molar-refractivity contribution in [2.75, 3.05) is 6.61 Å². The third-order valence-corrected chi connectivity index (χ3v) is 4.48. The molecular formula is C17H27N5O. The predicted molar refractivity (Wildman–Crippen MR) is 89.1 cm³/mol. The van der Waals surface area contributed by atoms with E-state index in [4.69, 9.17) is 4.74 Å². The Morgan fingerprint density at radius 3 is 3.04 bits per heavy atom. The van der Waals surface area contributed by atoms with E-state index in [1.54, 1.807) is 0 Å². The van der Waals surface area contributed by atoms with Gasteiger partial charge < -0.3 is 10.1 Å². The van der Waals surface area contributed by atoms with Gasteiger partial charge in [0.15, 0.2) is 0 Å². The Labute approximate surface area is 137 Å². The Hall–Kier alpha value is -1.66. The highest BCUT2D eigenvalue weighted by atomic mass is 16.5. The minimum absolute atomic E-state index is 0.108. The zero-order valence-corrected chi connectivity index (χ0v) is 14.1. The first-order valence-electron chi connectivity index (χ1n) is 8.63. The lowest BCUT2D eigenvalue weighted by molar-refractivity contribution is -0.0137. The first kappa shape index (κ1) is 16.2. The number of ether oxygens (including phenoxy) is 1. The largest absolute Gasteiger partial charge is 0.372 e. The first-order valence-corrected chi connectivity index (χ1v) is 8.63. The topological polar surface area (TPSA) is 56.9 Å². The van der Waals surface area contributed by atoms with Crippen LogP contribution in [0.4, 0.5) is 0 Å². The molecule has 3 heterocycles. The molecule has 0 amide bonds. The molecule has 6 nitrogen and oxygen atoms in total. The average molecular weight is 317 g/mol. The Kier molecular flexibility index (Phi) is 5.46. The molecule has 1 aliphatic heterocycles. The molecule has 0 aromatic carbocycles. The third-order valence-electron chi connectivity index (χ3n) is 4.48. The van der Waals surface area contributed by atoms with E-state index in [9.17, 15) is 0 Å². The van der Waals surface area contributed by atoms with Crippen LogP contribution < -0.4 is 5.32 Å². The SMILES string of the molecule is CCn1cc([C@H]2OCCC[C@@H]2NC(C)CCn2cccn2)cn1. The molecule has 3 rings (SSSR count). The van der Waals surface area contributed by atoms with E-state index in [-0.39, 0.29) is 6.10 Å². The maximum atomic E-state index is 6.05. The van der Waals surface area contributed by atoms with Crippen molar-refractivity contribution in [3.8, 4) is 0 Å². The Morgan fingerprint density at radius 1 is 1.39 bits per heavy atom. The number of aryl methyl sites for hydroxylation is 2. The van der Waals surface area contributed by atoms with Gasteiger partial charge in [-0.15, -0.1) is 0 Å². The second-order valence-corrected chi connectivity index (χ2v) is 6.29. The molecule has 23 heavy (non-hydrogen) atoms. The second kappa shape index (κ2) is 7.75. The quantitative estimate of drug-likeness (QED) is 0.852. The number of nitrogens with one attached hydrogen (secondary N) is 1. The minimum Gasteiger partial charge on any atom is -0.372 e. The lowest BCUT2D eigenvalue weighted by atomic mass is 9.97. The summed E-state index contributed by atoms with van der Waals surface area (Å²) >= 11 is 0. The number of rotatable bonds is 7. The normalized spacial score (nSPS) is 23.0. The molecule has 0 spiro atoms. The first-order chi connectivity index (χ1) is 11.3. The van der Waals surface area contributed by atoms with Crippen LogP contribution in [0.2, 0.25) is 0 Å². The van der Waals surface area contributed by atoms with Crippen LogP contribution in [-0.2, 0) is 17.8 Å². The van der Waals surface area contributed by atoms with Gasteiger partial charge in [0.05, 0.1) is 6.20 Å². The minimum atomic E-state index is 0.108. The van der Waals surface area contributed by atoms with Crippen molar-refractivity contribution < 1.29 is 4.74 Å². The molecule has 2 aromatic rings. The van der Waals surface area contributed by atoms with Gasteiger partial charge in [0.2, 0.25) is 0 Å². The number of nitrogens with zero attached hydrogens (tertiary/aromatic N) is 4. The van der Waals surface area contributed by atoms with Crippen LogP contribution in [-0.4, -0.2) is 38.3 Å². The lowest BCUT2D eigenvalue weighted by Gasteiger charge is -2.34. The molecule has 1 unspecified atom stereocenters. The van der Waals surface area contributed by atoms with Crippen molar-refractivity contribution in [3.63, 3.8) is 0 Å². The number of hydrogen-bond donors (Lipinski definition) is 1. The molecule has 0 saturated carbocycles. The molecule has 0 aliphatic carbocycles. The van der Waals surface area contributed by atoms with Crippen molar-refractivity contribution >= 4 is 0 Å². The maximum absolute atomic E-state index is 6.05. The van der Waals surface area contributed by atoms with Gasteiger partial charge in [-0.2, -0.15) is 10.2 Å². The molecule has 1 fully saturated rings. The molecule has 0 radical (unpaired) electrons. The molecule has 3 atom stereocenters. The van der Waals surface area contributed by atoms with Crippen LogP contribution in [0.3, 0.4) is 0 Å². The van der Waals surface area contributed by atoms with Crippen molar-refractivity contribution in [2.24, 2.45) is 0 Å². The fraction of sp³-hybridized carbons (Fsp3) is 0.647. The van der Waals surface area contributed by atoms with Crippen molar-refractivity contribution in [3.05, 3.63) is 36.4 Å². The molecular weight excluding hydrogens is 290 g/mol. The summed E-state index contributed by atoms with van der Waals surface area (Å²) < 4.78 is 10.0. The fourth-order valence-corrected chi connectivity index (χ4v) is 3.19. The summed E-state index contributed by atoms with van der Waals surface area (Å²) in [6, 6.07) is 2.74. The zero-order chi connectivity index (χ0) is 16.1. The average Bonchev–Trinajstić information content (AvgIpc) is 3.25. The summed E-state index contributed by atoms with van der Waals surface area (Å²) in [7, 11) is 0. The highest BCUT2D eigenvalue weighted by Gasteiger charge is 2.29. The third kappa shape index (κ3) is 4.20. The van der Waals surface area contributed by atoms with Gasteiger partial charge in [-0.25, -0.2) is 0 Å². The van der Waals surface area contributed by atoms with Gasteiger partial charge in [-0.05, 0) is 39.2 Å². The number of hydrogen-bond acceptors (Lipinski definition) is 4. The van der Waals surface area contributed by atoms with E-state index >= 15 is 0 Å². The molecule has 1 aliphatic rings. The van der Waals surface area contributed by atoms with Crippen LogP contribution in [0.15, 0.2) is 30.9 Å². The molecule has 1 saturated heterocycles. The van der Waals surface area contributed by atoms with Crippen molar-refractivity contribution in [1.82, 2.24) is 24.9 Å². The Balaban J connectivity index is 1.57. The van der Waals surface area contributed by atoms with Crippen molar-refractivity contribution in [1.29, 1.82) is 0 Å². The summed E-state index contributed by atoms with van der Waals surface area (Å²) in [4.78, 5) is 0. The van der Waals surface area contributed by atoms with E-state index in [1.807, 2.05) is 34.0 Å². The zero-order valence-electron chi connectivity index (χ0n) is 14.1. The van der Waals surface area contributed by atoms with Gasteiger partial charge in [-0.3, -0.25) is 9.36 Å². The van der Waals surface area contributed by atoms with Gasteiger partial charge in [0.1, 0.15) is 6.10 Å². The molecule has 6 heteroatoms.